The summed E-state index contributed by atoms with van der Waals surface area (Å²) in [5.74, 6) is 2.34. The molecule has 9 rings (SSSR count). The molecule has 5 aromatic carbocycles. The Morgan fingerprint density at radius 3 is 1.32 bits per heavy atom. The highest BCUT2D eigenvalue weighted by molar-refractivity contribution is 7.04. The second kappa shape index (κ2) is 9.81. The number of nitrogens with one attached hydrogen (secondary N) is 2. The Morgan fingerprint density at radius 2 is 0.915 bits per heavy atom. The predicted molar refractivity (Wildman–Crippen MR) is 205 cm³/mol. The number of hydrogen-bond acceptors (Lipinski definition) is 1. The molecule has 0 saturated heterocycles. The Kier molecular flexibility index (Phi) is 5.92. The van der Waals surface area contributed by atoms with E-state index in [2.05, 4.69) is 160 Å². The Hall–Kier alpha value is -4.89. The molecule has 0 fully saturated rings. The third kappa shape index (κ3) is 3.89. The molecular formula is C42H39B2N3. The summed E-state index contributed by atoms with van der Waals surface area (Å²) in [6, 6.07) is 36.4. The quantitative estimate of drug-likeness (QED) is 0.222. The Morgan fingerprint density at radius 1 is 0.511 bits per heavy atom. The van der Waals surface area contributed by atoms with Crippen LogP contribution in [-0.4, -0.2) is 23.4 Å². The second-order valence-electron chi connectivity index (χ2n) is 14.9. The predicted octanol–water partition coefficient (Wildman–Crippen LogP) is 6.31. The maximum atomic E-state index is 3.97. The van der Waals surface area contributed by atoms with E-state index in [0.717, 1.165) is 0 Å². The van der Waals surface area contributed by atoms with E-state index >= 15 is 0 Å². The molecule has 228 valence electrons. The number of hydrogen-bond donors (Lipinski definition) is 2. The minimum atomic E-state index is -0.0337. The van der Waals surface area contributed by atoms with E-state index in [4.69, 9.17) is 0 Å². The Bertz CT molecular complexity index is 2220. The second-order valence-corrected chi connectivity index (χ2v) is 14.9. The van der Waals surface area contributed by atoms with Gasteiger partial charge in [0.15, 0.2) is 0 Å². The maximum absolute atomic E-state index is 3.97. The summed E-state index contributed by atoms with van der Waals surface area (Å²) in [5, 5.41) is 2.58. The van der Waals surface area contributed by atoms with Gasteiger partial charge in [-0.2, -0.15) is 0 Å². The third-order valence-corrected chi connectivity index (χ3v) is 11.0. The van der Waals surface area contributed by atoms with Crippen LogP contribution in [-0.2, 0) is 5.41 Å². The minimum Gasteiger partial charge on any atom is -0.341 e. The van der Waals surface area contributed by atoms with Crippen LogP contribution in [0, 0.1) is 27.7 Å². The van der Waals surface area contributed by atoms with Gasteiger partial charge in [-0.1, -0.05) is 139 Å². The van der Waals surface area contributed by atoms with Gasteiger partial charge in [-0.05, 0) is 83.4 Å². The van der Waals surface area contributed by atoms with E-state index in [9.17, 15) is 0 Å². The zero-order chi connectivity index (χ0) is 32.4. The van der Waals surface area contributed by atoms with Crippen molar-refractivity contribution in [1.29, 1.82) is 0 Å². The molecule has 7 aromatic rings. The molecule has 4 heterocycles. The van der Waals surface area contributed by atoms with Gasteiger partial charge in [0.05, 0.1) is 0 Å². The van der Waals surface area contributed by atoms with Gasteiger partial charge in [-0.15, -0.1) is 0 Å². The molecule has 2 aliphatic rings. The van der Waals surface area contributed by atoms with E-state index in [1.54, 1.807) is 0 Å². The molecule has 2 aliphatic heterocycles. The van der Waals surface area contributed by atoms with Gasteiger partial charge >= 0.3 is 0 Å². The topological polar surface area (TPSA) is 34.8 Å². The van der Waals surface area contributed by atoms with Crippen molar-refractivity contribution >= 4 is 85.3 Å². The lowest BCUT2D eigenvalue weighted by atomic mass is 9.29. The van der Waals surface area contributed by atoms with Crippen LogP contribution in [0.25, 0.3) is 21.8 Å². The first kappa shape index (κ1) is 28.3. The van der Waals surface area contributed by atoms with Crippen LogP contribution in [0.15, 0.2) is 97.1 Å². The van der Waals surface area contributed by atoms with Crippen LogP contribution in [0.5, 0.6) is 0 Å². The van der Waals surface area contributed by atoms with E-state index in [-0.39, 0.29) is 18.8 Å². The summed E-state index contributed by atoms with van der Waals surface area (Å²) < 4.78 is 0. The summed E-state index contributed by atoms with van der Waals surface area (Å²) >= 11 is 0. The first-order valence-electron chi connectivity index (χ1n) is 17.0. The van der Waals surface area contributed by atoms with Gasteiger partial charge in [0, 0.05) is 16.7 Å². The minimum absolute atomic E-state index is 0.0337. The first-order chi connectivity index (χ1) is 22.6. The lowest BCUT2D eigenvalue weighted by Gasteiger charge is -2.43. The number of fused-ring (bicyclic) bond motifs is 8. The fourth-order valence-electron chi connectivity index (χ4n) is 8.86. The number of rotatable bonds is 2. The molecule has 5 heteroatoms. The number of para-hydroxylation sites is 2. The Balaban J connectivity index is 1.51. The van der Waals surface area contributed by atoms with Crippen LogP contribution in [0.4, 0.5) is 17.3 Å². The molecule has 3 nitrogen and oxygen atoms in total. The number of nitrogens with zero attached hydrogens (tertiary/aromatic N) is 1. The van der Waals surface area contributed by atoms with Crippen molar-refractivity contribution in [2.24, 2.45) is 0 Å². The fraction of sp³-hybridized carbons (Fsp3) is 0.190. The van der Waals surface area contributed by atoms with Gasteiger partial charge in [0.25, 0.3) is 0 Å². The lowest BCUT2D eigenvalue weighted by molar-refractivity contribution is 0.591. The van der Waals surface area contributed by atoms with Crippen molar-refractivity contribution in [2.75, 3.05) is 4.90 Å². The fourth-order valence-corrected chi connectivity index (χ4v) is 8.86. The highest BCUT2D eigenvalue weighted by Crippen LogP contribution is 2.41. The maximum Gasteiger partial charge on any atom is 0.250 e. The third-order valence-electron chi connectivity index (χ3n) is 11.0. The van der Waals surface area contributed by atoms with Crippen LogP contribution >= 0.6 is 0 Å². The van der Waals surface area contributed by atoms with E-state index in [0.29, 0.717) is 0 Å². The SMILES string of the molecule is Cc1cccc(C)c1B1c2cc(C(C)(C)C)cc3c2N(c2[nH]c4ccccc4c21)c1[nH]c2ccccc2c1B3c1c(C)cccc1C. The zero-order valence-corrected chi connectivity index (χ0v) is 28.3. The summed E-state index contributed by atoms with van der Waals surface area (Å²) in [6.45, 7) is 16.4. The molecule has 0 aliphatic carbocycles. The first-order valence-corrected chi connectivity index (χ1v) is 17.0. The molecule has 0 radical (unpaired) electrons. The summed E-state index contributed by atoms with van der Waals surface area (Å²) in [7, 11) is 0. The molecule has 0 spiro atoms. The number of anilines is 3. The normalized spacial score (nSPS) is 13.7. The van der Waals surface area contributed by atoms with Crippen molar-refractivity contribution in [3.8, 4) is 0 Å². The average Bonchev–Trinajstić information content (AvgIpc) is 3.61. The number of benzene rings is 5. The van der Waals surface area contributed by atoms with Crippen LogP contribution in [0.3, 0.4) is 0 Å². The van der Waals surface area contributed by atoms with Crippen molar-refractivity contribution in [3.05, 3.63) is 125 Å². The molecule has 47 heavy (non-hydrogen) atoms. The van der Waals surface area contributed by atoms with Crippen molar-refractivity contribution < 1.29 is 0 Å². The van der Waals surface area contributed by atoms with Gasteiger partial charge in [0.1, 0.15) is 11.6 Å². The highest BCUT2D eigenvalue weighted by atomic mass is 15.3. The van der Waals surface area contributed by atoms with Crippen molar-refractivity contribution in [1.82, 2.24) is 9.97 Å². The average molecular weight is 607 g/mol. The summed E-state index contributed by atoms with van der Waals surface area (Å²) in [6.07, 6.45) is 0. The summed E-state index contributed by atoms with van der Waals surface area (Å²) in [4.78, 5) is 10.5. The number of aryl methyl sites for hydroxylation is 4. The van der Waals surface area contributed by atoms with Crippen molar-refractivity contribution in [3.63, 3.8) is 0 Å². The largest absolute Gasteiger partial charge is 0.341 e. The molecule has 2 N–H and O–H groups in total. The van der Waals surface area contributed by atoms with Gasteiger partial charge in [-0.25, -0.2) is 0 Å². The molecular weight excluding hydrogens is 568 g/mol. The number of H-pyrrole nitrogens is 2. The van der Waals surface area contributed by atoms with Gasteiger partial charge < -0.3 is 9.97 Å². The molecule has 0 bridgehead atoms. The standard InChI is InChI=1S/C42H39B2N3/c1-24-14-12-15-25(2)35(24)43-31-22-28(42(5,6)7)23-32-39(31)47(40-37(43)29-18-8-10-20-33(29)45-40)41-38(30-19-9-11-21-34(30)46-41)44(32)36-26(3)16-13-17-27(36)4/h8-23,45-46H,1-7H3. The highest BCUT2D eigenvalue weighted by Gasteiger charge is 2.48. The van der Waals surface area contributed by atoms with Crippen LogP contribution in [0.1, 0.15) is 48.6 Å². The summed E-state index contributed by atoms with van der Waals surface area (Å²) in [5.41, 5.74) is 18.7. The molecule has 0 amide bonds. The lowest BCUT2D eigenvalue weighted by Crippen LogP contribution is -2.66. The Labute approximate surface area is 278 Å². The van der Waals surface area contributed by atoms with E-state index in [1.807, 2.05) is 0 Å². The van der Waals surface area contributed by atoms with Crippen LogP contribution < -0.4 is 37.7 Å². The monoisotopic (exact) mass is 607 g/mol. The number of aromatic nitrogens is 2. The zero-order valence-electron chi connectivity index (χ0n) is 28.3. The molecule has 0 saturated carbocycles. The van der Waals surface area contributed by atoms with Crippen molar-refractivity contribution in [2.45, 2.75) is 53.9 Å². The van der Waals surface area contributed by atoms with E-state index in [1.165, 1.54) is 99.7 Å². The molecule has 2 aromatic heterocycles. The number of aromatic amines is 2. The van der Waals surface area contributed by atoms with Gasteiger partial charge in [-0.3, -0.25) is 4.90 Å². The molecule has 0 atom stereocenters. The van der Waals surface area contributed by atoms with Crippen LogP contribution in [0.2, 0.25) is 0 Å². The smallest absolute Gasteiger partial charge is 0.250 e. The molecule has 0 unspecified atom stereocenters. The van der Waals surface area contributed by atoms with E-state index < -0.39 is 0 Å². The van der Waals surface area contributed by atoms with Gasteiger partial charge in [0.2, 0.25) is 13.4 Å².